The van der Waals surface area contributed by atoms with Gasteiger partial charge >= 0.3 is 0 Å². The van der Waals surface area contributed by atoms with Crippen molar-refractivity contribution in [2.75, 3.05) is 26.7 Å². The first-order valence-electron chi connectivity index (χ1n) is 14.4. The van der Waals surface area contributed by atoms with Crippen LogP contribution in [0, 0.1) is 0 Å². The van der Waals surface area contributed by atoms with Gasteiger partial charge in [0.15, 0.2) is 5.82 Å². The van der Waals surface area contributed by atoms with Crippen molar-refractivity contribution in [3.8, 4) is 0 Å². The van der Waals surface area contributed by atoms with E-state index in [0.29, 0.717) is 0 Å². The Morgan fingerprint density at radius 3 is 1.32 bits per heavy atom. The summed E-state index contributed by atoms with van der Waals surface area (Å²) in [5.74, 6) is -1.59. The van der Waals surface area contributed by atoms with E-state index in [0.717, 1.165) is 6.33 Å². The number of aromatic nitrogens is 3. The van der Waals surface area contributed by atoms with Gasteiger partial charge in [-0.2, -0.15) is 5.10 Å². The molecule has 0 aliphatic rings. The molecule has 1 aromatic heterocycles. The summed E-state index contributed by atoms with van der Waals surface area (Å²) in [4.78, 5) is 13.1. The van der Waals surface area contributed by atoms with Crippen LogP contribution in [0.15, 0.2) is 6.33 Å². The van der Waals surface area contributed by atoms with Crippen LogP contribution in [0.4, 0.5) is 0 Å². The van der Waals surface area contributed by atoms with Crippen molar-refractivity contribution in [2.45, 2.75) is 136 Å². The number of H-pyrrole nitrogens is 1. The van der Waals surface area contributed by atoms with Gasteiger partial charge in [-0.1, -0.05) is 97.8 Å². The standard InChI is InChI=1S/C25H54N.C3H3N3O2/c1-5-8-11-14-17-20-23-26(4,24-21-18-15-12-9-6-2)25-22-19-16-13-10-7-3;7-3(8)2-4-1-5-6-2/h5-25H2,1-4H3;1H,(H,7,8)(H,4,5,6)/q+1;/p-1. The van der Waals surface area contributed by atoms with Gasteiger partial charge in [0, 0.05) is 0 Å². The molecule has 0 unspecified atom stereocenters. The molecule has 34 heavy (non-hydrogen) atoms. The molecule has 6 nitrogen and oxygen atoms in total. The van der Waals surface area contributed by atoms with Crippen LogP contribution in [-0.4, -0.2) is 52.3 Å². The first-order chi connectivity index (χ1) is 16.5. The first kappa shape index (κ1) is 32.6. The summed E-state index contributed by atoms with van der Waals surface area (Å²) < 4.78 is 1.36. The quantitative estimate of drug-likeness (QED) is 0.148. The number of aromatic amines is 1. The maximum absolute atomic E-state index is 9.82. The summed E-state index contributed by atoms with van der Waals surface area (Å²) in [6, 6.07) is 0. The zero-order chi connectivity index (χ0) is 25.3. The number of carbonyl (C=O) groups excluding carboxylic acids is 1. The fraction of sp³-hybridized carbons (Fsp3) is 0.893. The third-order valence-electron chi connectivity index (χ3n) is 6.76. The highest BCUT2D eigenvalue weighted by Gasteiger charge is 2.20. The van der Waals surface area contributed by atoms with Crippen LogP contribution in [0.5, 0.6) is 0 Å². The molecule has 200 valence electrons. The van der Waals surface area contributed by atoms with Gasteiger partial charge in [-0.15, -0.1) is 0 Å². The fourth-order valence-electron chi connectivity index (χ4n) is 4.46. The Labute approximate surface area is 210 Å². The molecule has 0 bridgehead atoms. The monoisotopic (exact) mass is 480 g/mol. The summed E-state index contributed by atoms with van der Waals surface area (Å²) >= 11 is 0. The predicted molar refractivity (Wildman–Crippen MR) is 142 cm³/mol. The summed E-state index contributed by atoms with van der Waals surface area (Å²) in [6.45, 7) is 11.2. The SMILES string of the molecule is CCCCCCCC[N+](C)(CCCCCCCC)CCCCCCCC.O=C([O-])c1ncn[nH]1. The summed E-state index contributed by atoms with van der Waals surface area (Å²) in [5.41, 5.74) is 0. The van der Waals surface area contributed by atoms with Crippen molar-refractivity contribution in [1.29, 1.82) is 0 Å². The normalized spacial score (nSPS) is 11.3. The molecule has 0 atom stereocenters. The molecule has 0 saturated heterocycles. The van der Waals surface area contributed by atoms with Crippen molar-refractivity contribution in [3.63, 3.8) is 0 Å². The van der Waals surface area contributed by atoms with Crippen molar-refractivity contribution >= 4 is 5.97 Å². The number of hydrogen-bond acceptors (Lipinski definition) is 4. The van der Waals surface area contributed by atoms with Crippen LogP contribution in [0.3, 0.4) is 0 Å². The molecule has 1 heterocycles. The number of carboxylic acid groups (broad SMARTS) is 1. The van der Waals surface area contributed by atoms with Crippen LogP contribution in [0.25, 0.3) is 0 Å². The molecule has 0 saturated carbocycles. The van der Waals surface area contributed by atoms with Crippen LogP contribution >= 0.6 is 0 Å². The third kappa shape index (κ3) is 20.0. The third-order valence-corrected chi connectivity index (χ3v) is 6.76. The van der Waals surface area contributed by atoms with Crippen molar-refractivity contribution in [2.24, 2.45) is 0 Å². The molecule has 0 fully saturated rings. The zero-order valence-corrected chi connectivity index (χ0v) is 23.1. The van der Waals surface area contributed by atoms with E-state index >= 15 is 0 Å². The zero-order valence-electron chi connectivity index (χ0n) is 23.1. The van der Waals surface area contributed by atoms with Crippen LogP contribution < -0.4 is 5.11 Å². The molecular weight excluding hydrogens is 424 g/mol. The second kappa shape index (κ2) is 23.3. The van der Waals surface area contributed by atoms with Gasteiger partial charge in [0.25, 0.3) is 0 Å². The number of aromatic carboxylic acids is 1. The molecular formula is C28H56N4O2. The fourth-order valence-corrected chi connectivity index (χ4v) is 4.46. The van der Waals surface area contributed by atoms with Crippen molar-refractivity contribution in [3.05, 3.63) is 12.2 Å². The minimum Gasteiger partial charge on any atom is -0.542 e. The molecule has 0 amide bonds. The number of quaternary nitrogens is 1. The number of carbonyl (C=O) groups is 1. The molecule has 1 aromatic rings. The number of nitrogens with one attached hydrogen (secondary N) is 1. The summed E-state index contributed by atoms with van der Waals surface area (Å²) in [6.07, 6.45) is 27.0. The lowest BCUT2D eigenvalue weighted by Gasteiger charge is -2.35. The smallest absolute Gasteiger partial charge is 0.171 e. The number of nitrogens with zero attached hydrogens (tertiary/aromatic N) is 3. The van der Waals surface area contributed by atoms with E-state index in [9.17, 15) is 9.90 Å². The second-order valence-electron chi connectivity index (χ2n) is 10.2. The average molecular weight is 481 g/mol. The number of unbranched alkanes of at least 4 members (excludes halogenated alkanes) is 15. The van der Waals surface area contributed by atoms with E-state index in [1.807, 2.05) is 0 Å². The van der Waals surface area contributed by atoms with E-state index in [-0.39, 0.29) is 5.82 Å². The highest BCUT2D eigenvalue weighted by Crippen LogP contribution is 2.16. The molecule has 0 spiro atoms. The van der Waals surface area contributed by atoms with Crippen molar-refractivity contribution in [1.82, 2.24) is 15.2 Å². The van der Waals surface area contributed by atoms with E-state index in [1.54, 1.807) is 0 Å². The second-order valence-corrected chi connectivity index (χ2v) is 10.2. The lowest BCUT2D eigenvalue weighted by Crippen LogP contribution is -2.46. The summed E-state index contributed by atoms with van der Waals surface area (Å²) in [7, 11) is 2.56. The van der Waals surface area contributed by atoms with E-state index in [1.165, 1.54) is 140 Å². The van der Waals surface area contributed by atoms with Crippen LogP contribution in [-0.2, 0) is 0 Å². The number of hydrogen-bond donors (Lipinski definition) is 1. The number of rotatable bonds is 22. The Kier molecular flexibility index (Phi) is 22.3. The van der Waals surface area contributed by atoms with Gasteiger partial charge in [-0.25, -0.2) is 4.98 Å². The highest BCUT2D eigenvalue weighted by atomic mass is 16.4. The predicted octanol–water partition coefficient (Wildman–Crippen LogP) is 6.68. The van der Waals surface area contributed by atoms with Gasteiger partial charge in [0.05, 0.1) is 26.7 Å². The molecule has 1 N–H and O–H groups in total. The minimum atomic E-state index is -1.34. The van der Waals surface area contributed by atoms with Crippen LogP contribution in [0.2, 0.25) is 0 Å². The largest absolute Gasteiger partial charge is 0.542 e. The van der Waals surface area contributed by atoms with Gasteiger partial charge in [-0.3, -0.25) is 5.10 Å². The lowest BCUT2D eigenvalue weighted by molar-refractivity contribution is -0.910. The van der Waals surface area contributed by atoms with Gasteiger partial charge in [0.1, 0.15) is 12.3 Å². The maximum Gasteiger partial charge on any atom is 0.171 e. The Bertz CT molecular complexity index is 508. The topological polar surface area (TPSA) is 81.7 Å². The summed E-state index contributed by atoms with van der Waals surface area (Å²) in [5, 5.41) is 15.2. The van der Waals surface area contributed by atoms with Gasteiger partial charge in [-0.05, 0) is 38.5 Å². The van der Waals surface area contributed by atoms with Gasteiger partial charge in [0.2, 0.25) is 0 Å². The maximum atomic E-state index is 9.82. The molecule has 0 aliphatic carbocycles. The van der Waals surface area contributed by atoms with Crippen molar-refractivity contribution < 1.29 is 14.4 Å². The lowest BCUT2D eigenvalue weighted by atomic mass is 10.1. The highest BCUT2D eigenvalue weighted by molar-refractivity contribution is 5.80. The Morgan fingerprint density at radius 1 is 0.706 bits per heavy atom. The Hall–Kier alpha value is -1.43. The molecule has 0 aromatic carbocycles. The Morgan fingerprint density at radius 2 is 1.06 bits per heavy atom. The average Bonchev–Trinajstić information content (AvgIpc) is 3.37. The van der Waals surface area contributed by atoms with E-state index in [2.05, 4.69) is 43.0 Å². The number of carboxylic acids is 1. The molecule has 1 rings (SSSR count). The molecule has 6 heteroatoms. The van der Waals surface area contributed by atoms with E-state index in [4.69, 9.17) is 0 Å². The first-order valence-corrected chi connectivity index (χ1v) is 14.4. The van der Waals surface area contributed by atoms with Gasteiger partial charge < -0.3 is 14.4 Å². The molecule has 0 aliphatic heterocycles. The molecule has 0 radical (unpaired) electrons. The van der Waals surface area contributed by atoms with Crippen LogP contribution in [0.1, 0.15) is 147 Å². The van der Waals surface area contributed by atoms with E-state index < -0.39 is 5.97 Å². The Balaban J connectivity index is 0.00000113. The minimum absolute atomic E-state index is 0.245.